The van der Waals surface area contributed by atoms with E-state index in [-0.39, 0.29) is 5.75 Å². The molecule has 0 amide bonds. The SMILES string of the molecule is COc1cc(OC)c2c(c1)C1=Nc3ccc(OCc4ccccc4)c(O)c3C1=C2. The quantitative estimate of drug-likeness (QED) is 0.673. The van der Waals surface area contributed by atoms with Crippen molar-refractivity contribution in [1.29, 1.82) is 0 Å². The Morgan fingerprint density at radius 1 is 0.931 bits per heavy atom. The molecule has 0 aromatic heterocycles. The van der Waals surface area contributed by atoms with Gasteiger partial charge in [-0.2, -0.15) is 0 Å². The van der Waals surface area contributed by atoms with Crippen molar-refractivity contribution in [2.75, 3.05) is 14.2 Å². The van der Waals surface area contributed by atoms with Gasteiger partial charge in [0, 0.05) is 22.8 Å². The highest BCUT2D eigenvalue weighted by atomic mass is 16.5. The van der Waals surface area contributed by atoms with Crippen LogP contribution in [0.3, 0.4) is 0 Å². The van der Waals surface area contributed by atoms with E-state index >= 15 is 0 Å². The number of phenols is 1. The molecule has 1 N–H and O–H groups in total. The smallest absolute Gasteiger partial charge is 0.167 e. The standard InChI is InChI=1S/C24H19NO4/c1-27-15-10-17-16(21(11-15)28-2)12-18-22-19(25-23(17)18)8-9-20(24(22)26)29-13-14-6-4-3-5-7-14/h3-12,26H,13H2,1-2H3. The summed E-state index contributed by atoms with van der Waals surface area (Å²) in [6, 6.07) is 17.3. The number of hydrogen-bond acceptors (Lipinski definition) is 5. The van der Waals surface area contributed by atoms with E-state index in [1.54, 1.807) is 20.3 Å². The van der Waals surface area contributed by atoms with Gasteiger partial charge in [0.2, 0.25) is 0 Å². The van der Waals surface area contributed by atoms with Gasteiger partial charge >= 0.3 is 0 Å². The maximum atomic E-state index is 10.9. The largest absolute Gasteiger partial charge is 0.504 e. The minimum atomic E-state index is 0.0992. The molecule has 0 fully saturated rings. The van der Waals surface area contributed by atoms with Crippen LogP contribution in [0, 0.1) is 0 Å². The zero-order valence-corrected chi connectivity index (χ0v) is 16.1. The summed E-state index contributed by atoms with van der Waals surface area (Å²) in [4.78, 5) is 4.75. The third-order valence-corrected chi connectivity index (χ3v) is 5.23. The molecule has 0 saturated carbocycles. The average Bonchev–Trinajstić information content (AvgIpc) is 3.29. The highest BCUT2D eigenvalue weighted by molar-refractivity contribution is 6.44. The molecule has 5 nitrogen and oxygen atoms in total. The van der Waals surface area contributed by atoms with Crippen LogP contribution in [0.25, 0.3) is 11.6 Å². The van der Waals surface area contributed by atoms with Crippen LogP contribution in [-0.4, -0.2) is 25.0 Å². The van der Waals surface area contributed by atoms with Gasteiger partial charge in [-0.1, -0.05) is 30.3 Å². The summed E-state index contributed by atoms with van der Waals surface area (Å²) >= 11 is 0. The zero-order chi connectivity index (χ0) is 20.0. The third kappa shape index (κ3) is 2.74. The van der Waals surface area contributed by atoms with E-state index in [1.807, 2.05) is 54.6 Å². The number of phenolic OH excluding ortho intramolecular Hbond substituents is 1. The van der Waals surface area contributed by atoms with Crippen LogP contribution >= 0.6 is 0 Å². The van der Waals surface area contributed by atoms with E-state index < -0.39 is 0 Å². The Hall–Kier alpha value is -3.73. The van der Waals surface area contributed by atoms with Gasteiger partial charge in [-0.25, -0.2) is 4.99 Å². The predicted molar refractivity (Wildman–Crippen MR) is 112 cm³/mol. The predicted octanol–water partition coefficient (Wildman–Crippen LogP) is 4.98. The van der Waals surface area contributed by atoms with Crippen molar-refractivity contribution >= 4 is 23.0 Å². The van der Waals surface area contributed by atoms with Crippen molar-refractivity contribution in [3.05, 3.63) is 76.9 Å². The molecular weight excluding hydrogens is 366 g/mol. The Morgan fingerprint density at radius 2 is 1.76 bits per heavy atom. The van der Waals surface area contributed by atoms with Crippen LogP contribution in [0.1, 0.15) is 22.3 Å². The first-order valence-electron chi connectivity index (χ1n) is 9.30. The van der Waals surface area contributed by atoms with Crippen molar-refractivity contribution in [3.63, 3.8) is 0 Å². The van der Waals surface area contributed by atoms with E-state index in [0.717, 1.165) is 33.7 Å². The number of aliphatic imine (C=N–C) groups is 1. The molecule has 2 aliphatic rings. The molecule has 5 rings (SSSR count). The number of nitrogens with zero attached hydrogens (tertiary/aromatic N) is 1. The minimum Gasteiger partial charge on any atom is -0.504 e. The van der Waals surface area contributed by atoms with Gasteiger partial charge in [-0.3, -0.25) is 0 Å². The lowest BCUT2D eigenvalue weighted by Gasteiger charge is -2.11. The third-order valence-electron chi connectivity index (χ3n) is 5.23. The fourth-order valence-corrected chi connectivity index (χ4v) is 3.79. The number of hydrogen-bond donors (Lipinski definition) is 1. The van der Waals surface area contributed by atoms with Crippen molar-refractivity contribution in [2.24, 2.45) is 4.99 Å². The molecule has 3 aromatic rings. The molecule has 0 saturated heterocycles. The number of allylic oxidation sites excluding steroid dienone is 1. The van der Waals surface area contributed by atoms with E-state index in [9.17, 15) is 5.11 Å². The molecule has 0 spiro atoms. The molecule has 1 aliphatic carbocycles. The lowest BCUT2D eigenvalue weighted by atomic mass is 10.0. The summed E-state index contributed by atoms with van der Waals surface area (Å²) in [6.45, 7) is 0.380. The molecule has 3 aromatic carbocycles. The summed E-state index contributed by atoms with van der Waals surface area (Å²) in [7, 11) is 3.25. The Bertz CT molecular complexity index is 1180. The number of aromatic hydroxyl groups is 1. The normalized spacial score (nSPS) is 13.2. The number of ether oxygens (including phenoxy) is 3. The van der Waals surface area contributed by atoms with Gasteiger partial charge < -0.3 is 19.3 Å². The number of fused-ring (bicyclic) bond motifs is 5. The first-order chi connectivity index (χ1) is 14.2. The van der Waals surface area contributed by atoms with Crippen molar-refractivity contribution in [1.82, 2.24) is 0 Å². The van der Waals surface area contributed by atoms with Gasteiger partial charge in [0.1, 0.15) is 18.1 Å². The molecule has 0 atom stereocenters. The zero-order valence-electron chi connectivity index (χ0n) is 16.1. The Kier molecular flexibility index (Phi) is 4.02. The maximum Gasteiger partial charge on any atom is 0.167 e. The lowest BCUT2D eigenvalue weighted by molar-refractivity contribution is 0.289. The molecule has 0 bridgehead atoms. The molecule has 29 heavy (non-hydrogen) atoms. The number of rotatable bonds is 5. The summed E-state index contributed by atoms with van der Waals surface area (Å²) in [5.74, 6) is 1.94. The Balaban J connectivity index is 1.52. The summed E-state index contributed by atoms with van der Waals surface area (Å²) in [5, 5.41) is 10.9. The van der Waals surface area contributed by atoms with Gasteiger partial charge in [-0.15, -0.1) is 0 Å². The lowest BCUT2D eigenvalue weighted by Crippen LogP contribution is -1.99. The summed E-state index contributed by atoms with van der Waals surface area (Å²) in [6.07, 6.45) is 2.00. The Labute approximate surface area is 168 Å². The van der Waals surface area contributed by atoms with Gasteiger partial charge in [0.25, 0.3) is 0 Å². The van der Waals surface area contributed by atoms with Crippen LogP contribution in [0.5, 0.6) is 23.0 Å². The monoisotopic (exact) mass is 385 g/mol. The van der Waals surface area contributed by atoms with E-state index in [1.165, 1.54) is 0 Å². The van der Waals surface area contributed by atoms with E-state index in [4.69, 9.17) is 19.2 Å². The molecular formula is C24H19NO4. The van der Waals surface area contributed by atoms with Crippen LogP contribution < -0.4 is 14.2 Å². The second kappa shape index (κ2) is 6.71. The molecule has 144 valence electrons. The van der Waals surface area contributed by atoms with Crippen LogP contribution in [0.15, 0.2) is 59.6 Å². The molecule has 0 unspecified atom stereocenters. The highest BCUT2D eigenvalue weighted by Crippen LogP contribution is 2.51. The fourth-order valence-electron chi connectivity index (χ4n) is 3.79. The first kappa shape index (κ1) is 17.4. The van der Waals surface area contributed by atoms with E-state index in [0.29, 0.717) is 29.4 Å². The Morgan fingerprint density at radius 3 is 2.52 bits per heavy atom. The van der Waals surface area contributed by atoms with Gasteiger partial charge in [0.15, 0.2) is 11.5 Å². The van der Waals surface area contributed by atoms with Crippen molar-refractivity contribution in [2.45, 2.75) is 6.61 Å². The minimum absolute atomic E-state index is 0.0992. The number of benzene rings is 3. The van der Waals surface area contributed by atoms with Crippen LogP contribution in [0.2, 0.25) is 0 Å². The topological polar surface area (TPSA) is 60.3 Å². The molecule has 0 radical (unpaired) electrons. The van der Waals surface area contributed by atoms with E-state index in [2.05, 4.69) is 0 Å². The van der Waals surface area contributed by atoms with Crippen LogP contribution in [-0.2, 0) is 6.61 Å². The highest BCUT2D eigenvalue weighted by Gasteiger charge is 2.34. The molecule has 1 aliphatic heterocycles. The summed E-state index contributed by atoms with van der Waals surface area (Å²) < 4.78 is 16.8. The van der Waals surface area contributed by atoms with Crippen molar-refractivity contribution < 1.29 is 19.3 Å². The second-order valence-corrected chi connectivity index (χ2v) is 6.89. The fraction of sp³-hybridized carbons (Fsp3) is 0.125. The molecule has 1 heterocycles. The van der Waals surface area contributed by atoms with Gasteiger partial charge in [-0.05, 0) is 29.8 Å². The second-order valence-electron chi connectivity index (χ2n) is 6.89. The first-order valence-corrected chi connectivity index (χ1v) is 9.30. The number of methoxy groups -OCH3 is 2. The summed E-state index contributed by atoms with van der Waals surface area (Å²) in [5.41, 5.74) is 5.98. The molecule has 5 heteroatoms. The van der Waals surface area contributed by atoms with Crippen molar-refractivity contribution in [3.8, 4) is 23.0 Å². The maximum absolute atomic E-state index is 10.9. The van der Waals surface area contributed by atoms with Gasteiger partial charge in [0.05, 0.1) is 31.2 Å². The average molecular weight is 385 g/mol. The van der Waals surface area contributed by atoms with Crippen LogP contribution in [0.4, 0.5) is 5.69 Å².